The van der Waals surface area contributed by atoms with Gasteiger partial charge in [0, 0.05) is 36.9 Å². The molecule has 0 saturated carbocycles. The van der Waals surface area contributed by atoms with E-state index in [9.17, 15) is 0 Å². The Bertz CT molecular complexity index is 3630. The van der Waals surface area contributed by atoms with Crippen LogP contribution in [0.3, 0.4) is 0 Å². The second-order valence-electron chi connectivity index (χ2n) is 15.7. The molecule has 2 aromatic heterocycles. The second-order valence-corrected chi connectivity index (χ2v) is 16.8. The number of nitrogens with zero attached hydrogens (tertiary/aromatic N) is 2. The zero-order valence-electron chi connectivity index (χ0n) is 33.1. The van der Waals surface area contributed by atoms with Gasteiger partial charge in [0.2, 0.25) is 0 Å². The predicted molar refractivity (Wildman–Crippen MR) is 260 cm³/mol. The maximum absolute atomic E-state index is 5.21. The van der Waals surface area contributed by atoms with Crippen LogP contribution in [-0.2, 0) is 0 Å². The number of hydrogen-bond acceptors (Lipinski definition) is 3. The molecule has 0 fully saturated rings. The van der Waals surface area contributed by atoms with Crippen LogP contribution >= 0.6 is 11.3 Å². The summed E-state index contributed by atoms with van der Waals surface area (Å²) in [4.78, 5) is 10.4. The van der Waals surface area contributed by atoms with E-state index in [1.54, 1.807) is 0 Å². The average Bonchev–Trinajstić information content (AvgIpc) is 3.72. The number of hydrogen-bond donors (Lipinski definition) is 0. The molecule has 284 valence electrons. The molecule has 0 aliphatic carbocycles. The Morgan fingerprint density at radius 1 is 0.279 bits per heavy atom. The number of rotatable bonds is 6. The summed E-state index contributed by atoms with van der Waals surface area (Å²) < 4.78 is 2.62. The molecular weight excluding hydrogens is 757 g/mol. The molecule has 2 heterocycles. The Kier molecular flexibility index (Phi) is 8.39. The first-order valence-electron chi connectivity index (χ1n) is 20.7. The fourth-order valence-electron chi connectivity index (χ4n) is 9.19. The highest BCUT2D eigenvalue weighted by atomic mass is 32.1. The molecular formula is C58H36N2S. The lowest BCUT2D eigenvalue weighted by molar-refractivity contribution is 1.18. The molecule has 0 amide bonds. The molecule has 0 aliphatic rings. The number of fused-ring (bicyclic) bond motifs is 7. The van der Waals surface area contributed by atoms with Crippen molar-refractivity contribution in [2.24, 2.45) is 0 Å². The normalized spacial score (nSPS) is 11.6. The van der Waals surface area contributed by atoms with E-state index in [0.717, 1.165) is 33.6 Å². The number of benzene rings is 10. The van der Waals surface area contributed by atoms with E-state index in [4.69, 9.17) is 9.97 Å². The Morgan fingerprint density at radius 2 is 0.820 bits per heavy atom. The second kappa shape index (κ2) is 14.5. The summed E-state index contributed by atoms with van der Waals surface area (Å²) >= 11 is 1.85. The molecule has 0 N–H and O–H groups in total. The van der Waals surface area contributed by atoms with Gasteiger partial charge in [0.25, 0.3) is 0 Å². The highest BCUT2D eigenvalue weighted by molar-refractivity contribution is 7.25. The van der Waals surface area contributed by atoms with Gasteiger partial charge in [0.05, 0.1) is 11.4 Å². The van der Waals surface area contributed by atoms with Crippen LogP contribution in [0.15, 0.2) is 218 Å². The van der Waals surface area contributed by atoms with Crippen LogP contribution < -0.4 is 0 Å². The van der Waals surface area contributed by atoms with E-state index in [2.05, 4.69) is 200 Å². The van der Waals surface area contributed by atoms with Gasteiger partial charge in [0.15, 0.2) is 5.82 Å². The highest BCUT2D eigenvalue weighted by Crippen LogP contribution is 2.46. The standard InChI is InChI=1S/C58H36N2S/c1-3-15-39(16-4-1)56-48-24-10-9-23-47(48)55(49-32-30-37-14-7-8-21-45(37)57(49)56)40-28-26-38(27-29-40)51-36-52(60-58(59-51)41-17-5-2-6-18-41)44-20-13-19-42(34-44)43-31-33-54-50(35-43)46-22-11-12-25-53(46)61-54/h1-36H. The van der Waals surface area contributed by atoms with Gasteiger partial charge in [0.1, 0.15) is 0 Å². The van der Waals surface area contributed by atoms with Crippen LogP contribution in [0.4, 0.5) is 0 Å². The monoisotopic (exact) mass is 792 g/mol. The summed E-state index contributed by atoms with van der Waals surface area (Å²) in [6.07, 6.45) is 0. The minimum absolute atomic E-state index is 0.703. The topological polar surface area (TPSA) is 25.8 Å². The van der Waals surface area contributed by atoms with Gasteiger partial charge in [-0.3, -0.25) is 0 Å². The van der Waals surface area contributed by atoms with E-state index in [1.807, 2.05) is 29.5 Å². The average molecular weight is 793 g/mol. The summed E-state index contributed by atoms with van der Waals surface area (Å²) in [6.45, 7) is 0. The van der Waals surface area contributed by atoms with E-state index in [1.165, 1.54) is 80.3 Å². The van der Waals surface area contributed by atoms with Crippen molar-refractivity contribution in [3.8, 4) is 67.3 Å². The Balaban J connectivity index is 0.999. The summed E-state index contributed by atoms with van der Waals surface area (Å²) in [7, 11) is 0. The Morgan fingerprint density at radius 3 is 1.61 bits per heavy atom. The molecule has 0 atom stereocenters. The third kappa shape index (κ3) is 6.09. The molecule has 0 unspecified atom stereocenters. The van der Waals surface area contributed by atoms with Crippen molar-refractivity contribution in [3.63, 3.8) is 0 Å². The fourth-order valence-corrected chi connectivity index (χ4v) is 10.3. The van der Waals surface area contributed by atoms with Gasteiger partial charge in [-0.25, -0.2) is 9.97 Å². The van der Waals surface area contributed by atoms with E-state index >= 15 is 0 Å². The van der Waals surface area contributed by atoms with Crippen LogP contribution in [0.2, 0.25) is 0 Å². The Hall–Kier alpha value is -7.72. The smallest absolute Gasteiger partial charge is 0.160 e. The van der Waals surface area contributed by atoms with Gasteiger partial charge in [-0.05, 0) is 96.0 Å². The number of thiophene rings is 1. The Labute approximate surface area is 357 Å². The summed E-state index contributed by atoms with van der Waals surface area (Å²) in [6, 6.07) is 78.7. The summed E-state index contributed by atoms with van der Waals surface area (Å²) in [5, 5.41) is 10.1. The molecule has 12 aromatic rings. The summed E-state index contributed by atoms with van der Waals surface area (Å²) in [5.74, 6) is 0.703. The van der Waals surface area contributed by atoms with Crippen LogP contribution in [0, 0.1) is 0 Å². The van der Waals surface area contributed by atoms with Crippen molar-refractivity contribution >= 4 is 63.8 Å². The van der Waals surface area contributed by atoms with Gasteiger partial charge in [-0.15, -0.1) is 11.3 Å². The highest BCUT2D eigenvalue weighted by Gasteiger charge is 2.19. The zero-order valence-corrected chi connectivity index (χ0v) is 33.9. The van der Waals surface area contributed by atoms with Crippen molar-refractivity contribution in [3.05, 3.63) is 218 Å². The number of aromatic nitrogens is 2. The molecule has 0 saturated heterocycles. The van der Waals surface area contributed by atoms with Gasteiger partial charge >= 0.3 is 0 Å². The van der Waals surface area contributed by atoms with Crippen LogP contribution in [-0.4, -0.2) is 9.97 Å². The molecule has 10 aromatic carbocycles. The lowest BCUT2D eigenvalue weighted by Gasteiger charge is -2.19. The van der Waals surface area contributed by atoms with Crippen molar-refractivity contribution < 1.29 is 0 Å². The lowest BCUT2D eigenvalue weighted by atomic mass is 9.84. The first-order valence-corrected chi connectivity index (χ1v) is 21.5. The molecule has 61 heavy (non-hydrogen) atoms. The van der Waals surface area contributed by atoms with Gasteiger partial charge < -0.3 is 0 Å². The lowest BCUT2D eigenvalue weighted by Crippen LogP contribution is -1.96. The first kappa shape index (κ1) is 35.2. The molecule has 2 nitrogen and oxygen atoms in total. The van der Waals surface area contributed by atoms with Crippen molar-refractivity contribution in [1.82, 2.24) is 9.97 Å². The third-order valence-electron chi connectivity index (χ3n) is 12.1. The fraction of sp³-hybridized carbons (Fsp3) is 0. The molecule has 0 bridgehead atoms. The minimum Gasteiger partial charge on any atom is -0.228 e. The van der Waals surface area contributed by atoms with Gasteiger partial charge in [-0.1, -0.05) is 188 Å². The first-order chi connectivity index (χ1) is 30.2. The van der Waals surface area contributed by atoms with Crippen molar-refractivity contribution in [1.29, 1.82) is 0 Å². The zero-order chi connectivity index (χ0) is 40.3. The maximum Gasteiger partial charge on any atom is 0.160 e. The van der Waals surface area contributed by atoms with E-state index in [0.29, 0.717) is 5.82 Å². The van der Waals surface area contributed by atoms with Gasteiger partial charge in [-0.2, -0.15) is 0 Å². The molecule has 0 radical (unpaired) electrons. The summed E-state index contributed by atoms with van der Waals surface area (Å²) in [5.41, 5.74) is 12.1. The molecule has 12 rings (SSSR count). The quantitative estimate of drug-likeness (QED) is 0.124. The maximum atomic E-state index is 5.21. The van der Waals surface area contributed by atoms with E-state index in [-0.39, 0.29) is 0 Å². The molecule has 0 spiro atoms. The molecule has 0 aliphatic heterocycles. The van der Waals surface area contributed by atoms with Crippen LogP contribution in [0.1, 0.15) is 0 Å². The third-order valence-corrected chi connectivity index (χ3v) is 13.2. The van der Waals surface area contributed by atoms with Crippen LogP contribution in [0.25, 0.3) is 120 Å². The predicted octanol–water partition coefficient (Wildman–Crippen LogP) is 16.3. The van der Waals surface area contributed by atoms with Crippen molar-refractivity contribution in [2.45, 2.75) is 0 Å². The largest absolute Gasteiger partial charge is 0.228 e. The van der Waals surface area contributed by atoms with Crippen molar-refractivity contribution in [2.75, 3.05) is 0 Å². The van der Waals surface area contributed by atoms with E-state index < -0.39 is 0 Å². The van der Waals surface area contributed by atoms with Crippen LogP contribution in [0.5, 0.6) is 0 Å². The molecule has 3 heteroatoms. The minimum atomic E-state index is 0.703. The SMILES string of the molecule is c1ccc(-c2nc(-c3ccc(-c4c5ccccc5c(-c5ccccc5)c5c4ccc4ccccc45)cc3)cc(-c3cccc(-c4ccc5sc6ccccc6c5c4)c3)n2)cc1.